The molecule has 0 aliphatic carbocycles. The van der Waals surface area contributed by atoms with Crippen LogP contribution in [0.25, 0.3) is 10.2 Å². The van der Waals surface area contributed by atoms with Gasteiger partial charge < -0.3 is 19.7 Å². The first-order valence-corrected chi connectivity index (χ1v) is 14.7. The zero-order chi connectivity index (χ0) is 28.6. The number of aliphatic hydroxyl groups excluding tert-OH is 1. The summed E-state index contributed by atoms with van der Waals surface area (Å²) in [6.07, 6.45) is 7.19. The van der Waals surface area contributed by atoms with Gasteiger partial charge in [0.2, 0.25) is 0 Å². The van der Waals surface area contributed by atoms with Crippen molar-refractivity contribution in [3.05, 3.63) is 28.8 Å². The number of ketones is 1. The Labute approximate surface area is 235 Å². The minimum Gasteiger partial charge on any atom is -0.457 e. The normalized spacial score (nSPS) is 34.2. The van der Waals surface area contributed by atoms with E-state index >= 15 is 0 Å². The number of esters is 1. The van der Waals surface area contributed by atoms with Gasteiger partial charge in [0.15, 0.2) is 5.79 Å². The number of carbonyl (C=O) groups is 2. The molecular weight excluding hydrogens is 514 g/mol. The number of Topliss-reactive ketones (excluding diaryl/α,β-unsaturated/α-hetero) is 1. The van der Waals surface area contributed by atoms with Gasteiger partial charge in [-0.25, -0.2) is 4.98 Å². The molecule has 212 valence electrons. The van der Waals surface area contributed by atoms with E-state index in [-0.39, 0.29) is 30.5 Å². The molecule has 3 heterocycles. The Balaban J connectivity index is 1.64. The second kappa shape index (κ2) is 11.3. The van der Waals surface area contributed by atoms with E-state index in [0.29, 0.717) is 31.2 Å². The first-order chi connectivity index (χ1) is 18.3. The van der Waals surface area contributed by atoms with E-state index < -0.39 is 35.0 Å². The van der Waals surface area contributed by atoms with Crippen LogP contribution in [-0.4, -0.2) is 44.4 Å². The van der Waals surface area contributed by atoms with Gasteiger partial charge in [0.1, 0.15) is 17.5 Å². The summed E-state index contributed by atoms with van der Waals surface area (Å²) >= 11 is 1.58. The van der Waals surface area contributed by atoms with E-state index in [1.165, 1.54) is 0 Å². The molecule has 8 heteroatoms. The fraction of sp³-hybridized carbons (Fsp3) is 0.645. The number of terminal acetylenes is 1. The monoisotopic (exact) mass is 555 g/mol. The zero-order valence-corrected chi connectivity index (χ0v) is 24.5. The van der Waals surface area contributed by atoms with Gasteiger partial charge in [-0.15, -0.1) is 23.7 Å². The molecule has 0 radical (unpaired) electrons. The number of ether oxygens (including phenoxy) is 2. The highest BCUT2D eigenvalue weighted by atomic mass is 32.1. The number of rotatable bonds is 3. The molecule has 0 amide bonds. The van der Waals surface area contributed by atoms with Crippen LogP contribution in [0.3, 0.4) is 0 Å². The number of epoxide rings is 1. The maximum absolute atomic E-state index is 13.7. The summed E-state index contributed by atoms with van der Waals surface area (Å²) in [5.74, 6) is 0.412. The van der Waals surface area contributed by atoms with Crippen LogP contribution in [0.5, 0.6) is 0 Å². The molecule has 4 rings (SSSR count). The van der Waals surface area contributed by atoms with Gasteiger partial charge in [0.05, 0.1) is 33.2 Å². The van der Waals surface area contributed by atoms with Crippen LogP contribution in [0.2, 0.25) is 0 Å². The second-order valence-electron chi connectivity index (χ2n) is 12.2. The van der Waals surface area contributed by atoms with Crippen molar-refractivity contribution in [2.75, 3.05) is 0 Å². The van der Waals surface area contributed by atoms with E-state index in [2.05, 4.69) is 17.8 Å². The van der Waals surface area contributed by atoms with Crippen LogP contribution in [0.1, 0.15) is 95.7 Å². The standard InChI is InChI=1S/C31H41NO6S/c1-7-8-11-22-15-19(2)10-9-14-30(6)31(36,38-30)18-24(21-12-13-25-23(16-21)32-20(3)39-25)37-27(34)17-26(33)29(4,5)28(22)35/h1,12-13,16,19,22,24,26,33,36H,8-11,14-15,17-18H2,2-6H3. The van der Waals surface area contributed by atoms with Crippen molar-refractivity contribution < 1.29 is 29.3 Å². The Morgan fingerprint density at radius 1 is 1.26 bits per heavy atom. The number of aliphatic hydroxyl groups is 2. The van der Waals surface area contributed by atoms with Crippen molar-refractivity contribution in [1.29, 1.82) is 0 Å². The number of carbonyl (C=O) groups excluding carboxylic acids is 2. The number of hydrogen-bond donors (Lipinski definition) is 2. The molecule has 7 nitrogen and oxygen atoms in total. The Morgan fingerprint density at radius 3 is 2.72 bits per heavy atom. The Kier molecular flexibility index (Phi) is 8.58. The lowest BCUT2D eigenvalue weighted by molar-refractivity contribution is -0.158. The zero-order valence-electron chi connectivity index (χ0n) is 23.7. The fourth-order valence-corrected chi connectivity index (χ4v) is 6.71. The molecule has 0 bridgehead atoms. The first kappa shape index (κ1) is 29.7. The molecule has 2 fully saturated rings. The summed E-state index contributed by atoms with van der Waals surface area (Å²) < 4.78 is 12.8. The van der Waals surface area contributed by atoms with Gasteiger partial charge >= 0.3 is 5.97 Å². The third-order valence-electron chi connectivity index (χ3n) is 8.68. The average Bonchev–Trinajstić information content (AvgIpc) is 3.18. The second-order valence-corrected chi connectivity index (χ2v) is 13.5. The summed E-state index contributed by atoms with van der Waals surface area (Å²) in [6.45, 7) is 9.32. The van der Waals surface area contributed by atoms with Crippen LogP contribution < -0.4 is 0 Å². The smallest absolute Gasteiger partial charge is 0.309 e. The van der Waals surface area contributed by atoms with E-state index in [1.54, 1.807) is 25.2 Å². The molecule has 2 saturated heterocycles. The third-order valence-corrected chi connectivity index (χ3v) is 9.63. The summed E-state index contributed by atoms with van der Waals surface area (Å²) in [7, 11) is 0. The van der Waals surface area contributed by atoms with Crippen LogP contribution in [0, 0.1) is 36.5 Å². The fourth-order valence-electron chi connectivity index (χ4n) is 5.90. The Bertz CT molecular complexity index is 1260. The topological polar surface area (TPSA) is 109 Å². The first-order valence-electron chi connectivity index (χ1n) is 13.9. The number of thiazole rings is 1. The lowest BCUT2D eigenvalue weighted by Gasteiger charge is -2.33. The largest absolute Gasteiger partial charge is 0.457 e. The predicted molar refractivity (Wildman–Crippen MR) is 151 cm³/mol. The number of aromatic nitrogens is 1. The van der Waals surface area contributed by atoms with E-state index in [9.17, 15) is 19.8 Å². The minimum atomic E-state index is -1.44. The quantitative estimate of drug-likeness (QED) is 0.286. The molecule has 2 aliphatic rings. The number of aryl methyl sites for hydroxylation is 1. The average molecular weight is 556 g/mol. The maximum Gasteiger partial charge on any atom is 0.309 e. The molecule has 0 saturated carbocycles. The van der Waals surface area contributed by atoms with Crippen LogP contribution in [-0.2, 0) is 19.1 Å². The SMILES string of the molecule is C#CCCC1CC(C)CCCC2(C)OC2(O)CC(c2ccc3sc(C)nc3c2)OC(=O)CC(O)C(C)(C)C1=O. The minimum absolute atomic E-state index is 0.0615. The molecule has 2 N–H and O–H groups in total. The van der Waals surface area contributed by atoms with Gasteiger partial charge in [-0.2, -0.15) is 0 Å². The van der Waals surface area contributed by atoms with Gasteiger partial charge in [0.25, 0.3) is 0 Å². The van der Waals surface area contributed by atoms with E-state index in [4.69, 9.17) is 15.9 Å². The van der Waals surface area contributed by atoms with Gasteiger partial charge in [-0.1, -0.05) is 39.7 Å². The third kappa shape index (κ3) is 6.38. The highest BCUT2D eigenvalue weighted by Crippen LogP contribution is 2.54. The molecule has 1 aromatic carbocycles. The van der Waals surface area contributed by atoms with Crippen LogP contribution in [0.15, 0.2) is 18.2 Å². The molecule has 6 unspecified atom stereocenters. The van der Waals surface area contributed by atoms with Crippen molar-refractivity contribution in [2.24, 2.45) is 17.3 Å². The number of benzene rings is 1. The van der Waals surface area contributed by atoms with Crippen molar-refractivity contribution in [2.45, 2.75) is 110 Å². The number of cyclic esters (lactones) is 1. The summed E-state index contributed by atoms with van der Waals surface area (Å²) in [4.78, 5) is 31.4. The van der Waals surface area contributed by atoms with Gasteiger partial charge in [-0.3, -0.25) is 9.59 Å². The predicted octanol–water partition coefficient (Wildman–Crippen LogP) is 5.64. The number of nitrogens with zero attached hydrogens (tertiary/aromatic N) is 1. The molecule has 0 spiro atoms. The van der Waals surface area contributed by atoms with Gasteiger partial charge in [-0.05, 0) is 56.7 Å². The van der Waals surface area contributed by atoms with Gasteiger partial charge in [0, 0.05) is 18.8 Å². The molecule has 39 heavy (non-hydrogen) atoms. The van der Waals surface area contributed by atoms with Crippen LogP contribution >= 0.6 is 11.3 Å². The van der Waals surface area contributed by atoms with E-state index in [0.717, 1.165) is 28.1 Å². The van der Waals surface area contributed by atoms with Crippen molar-refractivity contribution in [3.8, 4) is 12.3 Å². The lowest BCUT2D eigenvalue weighted by Crippen LogP contribution is -2.42. The maximum atomic E-state index is 13.7. The van der Waals surface area contributed by atoms with Crippen molar-refractivity contribution in [3.63, 3.8) is 0 Å². The molecule has 2 aromatic rings. The Morgan fingerprint density at radius 2 is 2.00 bits per heavy atom. The summed E-state index contributed by atoms with van der Waals surface area (Å²) in [5.41, 5.74) is -0.418. The highest BCUT2D eigenvalue weighted by Gasteiger charge is 2.66. The van der Waals surface area contributed by atoms with Crippen molar-refractivity contribution in [1.82, 2.24) is 4.98 Å². The molecule has 2 aliphatic heterocycles. The number of fused-ring (bicyclic) bond motifs is 2. The summed E-state index contributed by atoms with van der Waals surface area (Å²) in [5, 5.41) is 23.4. The highest BCUT2D eigenvalue weighted by molar-refractivity contribution is 7.18. The van der Waals surface area contributed by atoms with Crippen LogP contribution in [0.4, 0.5) is 0 Å². The van der Waals surface area contributed by atoms with Crippen molar-refractivity contribution >= 4 is 33.3 Å². The van der Waals surface area contributed by atoms with E-state index in [1.807, 2.05) is 32.0 Å². The number of hydrogen-bond acceptors (Lipinski definition) is 8. The molecular formula is C31H41NO6S. The molecule has 1 aromatic heterocycles. The molecule has 6 atom stereocenters. The lowest BCUT2D eigenvalue weighted by atomic mass is 9.72. The summed E-state index contributed by atoms with van der Waals surface area (Å²) in [6, 6.07) is 5.69. The Hall–Kier alpha value is -2.31.